The fraction of sp³-hybridized carbons (Fsp3) is 0.688. The van der Waals surface area contributed by atoms with Crippen molar-refractivity contribution in [1.82, 2.24) is 20.2 Å². The number of nitrogens with one attached hydrogen (secondary N) is 2. The number of piperidine rings is 1. The predicted octanol–water partition coefficient (Wildman–Crippen LogP) is 1.80. The third-order valence-corrected chi connectivity index (χ3v) is 4.60. The first kappa shape index (κ1) is 13.8. The molecule has 1 aliphatic heterocycles. The van der Waals surface area contributed by atoms with E-state index >= 15 is 0 Å². The molecule has 4 nitrogen and oxygen atoms in total. The number of aryl methyl sites for hydroxylation is 1. The van der Waals surface area contributed by atoms with Crippen LogP contribution in [0, 0.1) is 11.8 Å². The number of hydrogen-bond acceptors (Lipinski definition) is 3. The van der Waals surface area contributed by atoms with Crippen LogP contribution in [0.1, 0.15) is 31.9 Å². The van der Waals surface area contributed by atoms with Gasteiger partial charge in [0.1, 0.15) is 0 Å². The van der Waals surface area contributed by atoms with E-state index in [2.05, 4.69) is 34.8 Å². The highest BCUT2D eigenvalue weighted by molar-refractivity contribution is 5.49. The number of aromatic nitrogens is 2. The molecular formula is C16H26N4. The molecule has 2 fully saturated rings. The first-order chi connectivity index (χ1) is 9.72. The Morgan fingerprint density at radius 2 is 2.30 bits per heavy atom. The molecule has 2 heterocycles. The van der Waals surface area contributed by atoms with Crippen molar-refractivity contribution in [3.63, 3.8) is 0 Å². The molecule has 1 aromatic rings. The molecule has 4 heteroatoms. The van der Waals surface area contributed by atoms with Crippen LogP contribution in [0.5, 0.6) is 0 Å². The van der Waals surface area contributed by atoms with Crippen LogP contribution in [0.25, 0.3) is 6.08 Å². The Balaban J connectivity index is 1.45. The largest absolute Gasteiger partial charge is 0.340 e. The highest BCUT2D eigenvalue weighted by Crippen LogP contribution is 2.38. The summed E-state index contributed by atoms with van der Waals surface area (Å²) in [5.74, 6) is 1.59. The third kappa shape index (κ3) is 3.49. The van der Waals surface area contributed by atoms with Crippen LogP contribution in [-0.2, 0) is 7.05 Å². The van der Waals surface area contributed by atoms with Crippen molar-refractivity contribution in [3.05, 3.63) is 23.8 Å². The monoisotopic (exact) mass is 274 g/mol. The first-order valence-corrected chi connectivity index (χ1v) is 7.82. The van der Waals surface area contributed by atoms with Crippen molar-refractivity contribution in [1.29, 1.82) is 0 Å². The van der Waals surface area contributed by atoms with Gasteiger partial charge in [0.15, 0.2) is 0 Å². The molecule has 1 aliphatic carbocycles. The zero-order valence-electron chi connectivity index (χ0n) is 12.6. The molecule has 2 atom stereocenters. The van der Waals surface area contributed by atoms with Crippen molar-refractivity contribution in [3.8, 4) is 0 Å². The number of imidazole rings is 1. The molecule has 3 rings (SSSR count). The fourth-order valence-electron chi connectivity index (χ4n) is 3.18. The highest BCUT2D eigenvalue weighted by Gasteiger charge is 2.38. The summed E-state index contributed by atoms with van der Waals surface area (Å²) in [7, 11) is 2.01. The van der Waals surface area contributed by atoms with E-state index in [-0.39, 0.29) is 0 Å². The van der Waals surface area contributed by atoms with Crippen molar-refractivity contribution in [2.24, 2.45) is 18.9 Å². The van der Waals surface area contributed by atoms with E-state index in [1.165, 1.54) is 44.5 Å². The zero-order chi connectivity index (χ0) is 13.9. The van der Waals surface area contributed by atoms with E-state index in [0.29, 0.717) is 6.04 Å². The second-order valence-corrected chi connectivity index (χ2v) is 6.40. The standard InChI is InChI=1S/C16H26N4/c1-12(7-14-10-20(2)11-19-14)15-8-16(15)18-9-13-3-5-17-6-4-13/h7,10-11,13,15-18H,3-6,8-9H2,1-2H3/b12-7+. The Morgan fingerprint density at radius 3 is 3.00 bits per heavy atom. The highest BCUT2D eigenvalue weighted by atomic mass is 15.0. The smallest absolute Gasteiger partial charge is 0.0950 e. The summed E-state index contributed by atoms with van der Waals surface area (Å²) in [6.45, 7) is 5.82. The zero-order valence-corrected chi connectivity index (χ0v) is 12.6. The molecule has 2 N–H and O–H groups in total. The Labute approximate surface area is 121 Å². The van der Waals surface area contributed by atoms with E-state index in [1.54, 1.807) is 0 Å². The molecule has 0 aromatic carbocycles. The summed E-state index contributed by atoms with van der Waals surface area (Å²) in [6, 6.07) is 0.699. The van der Waals surface area contributed by atoms with E-state index in [0.717, 1.165) is 17.5 Å². The van der Waals surface area contributed by atoms with Gasteiger partial charge in [-0.15, -0.1) is 0 Å². The molecule has 0 amide bonds. The van der Waals surface area contributed by atoms with E-state index < -0.39 is 0 Å². The topological polar surface area (TPSA) is 41.9 Å². The molecule has 20 heavy (non-hydrogen) atoms. The maximum atomic E-state index is 4.37. The second kappa shape index (κ2) is 6.10. The van der Waals surface area contributed by atoms with Gasteiger partial charge in [-0.25, -0.2) is 4.98 Å². The van der Waals surface area contributed by atoms with Crippen molar-refractivity contribution < 1.29 is 0 Å². The van der Waals surface area contributed by atoms with E-state index in [4.69, 9.17) is 0 Å². The summed E-state index contributed by atoms with van der Waals surface area (Å²) in [4.78, 5) is 4.37. The van der Waals surface area contributed by atoms with Crippen LogP contribution in [0.2, 0.25) is 0 Å². The molecule has 1 aromatic heterocycles. The number of rotatable bonds is 5. The predicted molar refractivity (Wildman–Crippen MR) is 82.4 cm³/mol. The van der Waals surface area contributed by atoms with E-state index in [9.17, 15) is 0 Å². The van der Waals surface area contributed by atoms with Gasteiger partial charge in [0.05, 0.1) is 12.0 Å². The van der Waals surface area contributed by atoms with Crippen LogP contribution in [0.3, 0.4) is 0 Å². The molecule has 0 bridgehead atoms. The van der Waals surface area contributed by atoms with Gasteiger partial charge in [0.25, 0.3) is 0 Å². The molecule has 0 radical (unpaired) electrons. The fourth-order valence-corrected chi connectivity index (χ4v) is 3.18. The second-order valence-electron chi connectivity index (χ2n) is 6.40. The Bertz CT molecular complexity index is 471. The normalized spacial score (nSPS) is 27.8. The molecule has 110 valence electrons. The molecule has 1 saturated carbocycles. The van der Waals surface area contributed by atoms with Crippen LogP contribution >= 0.6 is 0 Å². The van der Waals surface area contributed by atoms with Gasteiger partial charge in [0, 0.05) is 19.3 Å². The maximum Gasteiger partial charge on any atom is 0.0950 e. The summed E-state index contributed by atoms with van der Waals surface area (Å²) in [5.41, 5.74) is 2.54. The first-order valence-electron chi connectivity index (χ1n) is 7.82. The van der Waals surface area contributed by atoms with Gasteiger partial charge in [-0.2, -0.15) is 0 Å². The molecule has 1 saturated heterocycles. The van der Waals surface area contributed by atoms with E-state index in [1.807, 2.05) is 17.9 Å². The average molecular weight is 274 g/mol. The third-order valence-electron chi connectivity index (χ3n) is 4.60. The average Bonchev–Trinajstić information content (AvgIpc) is 3.13. The minimum absolute atomic E-state index is 0.699. The van der Waals surface area contributed by atoms with Crippen molar-refractivity contribution in [2.75, 3.05) is 19.6 Å². The number of hydrogen-bond donors (Lipinski definition) is 2. The van der Waals surface area contributed by atoms with Gasteiger partial charge in [0.2, 0.25) is 0 Å². The lowest BCUT2D eigenvalue weighted by Crippen LogP contribution is -2.34. The van der Waals surface area contributed by atoms with Gasteiger partial charge in [-0.1, -0.05) is 5.57 Å². The lowest BCUT2D eigenvalue weighted by Gasteiger charge is -2.22. The summed E-state index contributed by atoms with van der Waals surface area (Å²) in [5, 5.41) is 7.18. The maximum absolute atomic E-state index is 4.37. The minimum atomic E-state index is 0.699. The van der Waals surface area contributed by atoms with Gasteiger partial charge in [-0.05, 0) is 63.7 Å². The SMILES string of the molecule is C/C(=C\c1cn(C)cn1)C1CC1NCC1CCNCC1. The van der Waals surface area contributed by atoms with Crippen LogP contribution in [-0.4, -0.2) is 35.2 Å². The van der Waals surface area contributed by atoms with Crippen molar-refractivity contribution >= 4 is 6.08 Å². The van der Waals surface area contributed by atoms with Crippen LogP contribution in [0.4, 0.5) is 0 Å². The van der Waals surface area contributed by atoms with Gasteiger partial charge in [-0.3, -0.25) is 0 Å². The lowest BCUT2D eigenvalue weighted by molar-refractivity contribution is 0.354. The molecule has 2 aliphatic rings. The molecular weight excluding hydrogens is 248 g/mol. The molecule has 2 unspecified atom stereocenters. The van der Waals surface area contributed by atoms with Gasteiger partial charge < -0.3 is 15.2 Å². The van der Waals surface area contributed by atoms with Gasteiger partial charge >= 0.3 is 0 Å². The van der Waals surface area contributed by atoms with Crippen LogP contribution in [0.15, 0.2) is 18.1 Å². The van der Waals surface area contributed by atoms with Crippen LogP contribution < -0.4 is 10.6 Å². The lowest BCUT2D eigenvalue weighted by atomic mass is 9.98. The Morgan fingerprint density at radius 1 is 1.50 bits per heavy atom. The summed E-state index contributed by atoms with van der Waals surface area (Å²) < 4.78 is 2.00. The summed E-state index contributed by atoms with van der Waals surface area (Å²) >= 11 is 0. The molecule has 0 spiro atoms. The minimum Gasteiger partial charge on any atom is -0.340 e. The summed E-state index contributed by atoms with van der Waals surface area (Å²) in [6.07, 6.45) is 10.1. The van der Waals surface area contributed by atoms with Crippen molar-refractivity contribution in [2.45, 2.75) is 32.2 Å². The number of nitrogens with zero attached hydrogens (tertiary/aromatic N) is 2. The Hall–Kier alpha value is -1.13. The Kier molecular flexibility index (Phi) is 4.22. The quantitative estimate of drug-likeness (QED) is 0.860.